The van der Waals surface area contributed by atoms with Crippen molar-refractivity contribution >= 4 is 37.7 Å². The number of ether oxygens (including phenoxy) is 1. The predicted octanol–water partition coefficient (Wildman–Crippen LogP) is 4.41. The van der Waals surface area contributed by atoms with E-state index in [1.54, 1.807) is 12.1 Å². The van der Waals surface area contributed by atoms with Crippen LogP contribution in [0, 0.1) is 6.92 Å². The van der Waals surface area contributed by atoms with E-state index >= 15 is 0 Å². The zero-order valence-corrected chi connectivity index (χ0v) is 13.8. The van der Waals surface area contributed by atoms with E-state index in [-0.39, 0.29) is 5.84 Å². The Bertz CT molecular complexity index is 672. The monoisotopic (exact) mass is 398 g/mol. The van der Waals surface area contributed by atoms with Crippen LogP contribution in [-0.4, -0.2) is 11.0 Å². The number of hydrogen-bond acceptors (Lipinski definition) is 3. The molecule has 2 aromatic carbocycles. The van der Waals surface area contributed by atoms with Gasteiger partial charge in [0.2, 0.25) is 0 Å². The van der Waals surface area contributed by atoms with E-state index in [1.807, 2.05) is 31.2 Å². The van der Waals surface area contributed by atoms with E-state index in [0.717, 1.165) is 14.5 Å². The van der Waals surface area contributed by atoms with Crippen molar-refractivity contribution in [1.82, 2.24) is 0 Å². The van der Waals surface area contributed by atoms with E-state index < -0.39 is 0 Å². The minimum atomic E-state index is -0.00969. The molecule has 3 N–H and O–H groups in total. The Morgan fingerprint density at radius 3 is 2.50 bits per heavy atom. The maximum atomic E-state index is 8.84. The second-order valence-corrected chi connectivity index (χ2v) is 5.93. The molecule has 0 saturated carbocycles. The van der Waals surface area contributed by atoms with Crippen LogP contribution in [0.1, 0.15) is 11.1 Å². The van der Waals surface area contributed by atoms with Gasteiger partial charge < -0.3 is 15.7 Å². The fraction of sp³-hybridized carbons (Fsp3) is 0.0714. The van der Waals surface area contributed by atoms with Gasteiger partial charge in [-0.25, -0.2) is 0 Å². The van der Waals surface area contributed by atoms with Crippen molar-refractivity contribution in [3.63, 3.8) is 0 Å². The van der Waals surface area contributed by atoms with E-state index in [4.69, 9.17) is 15.7 Å². The molecule has 0 unspecified atom stereocenters. The maximum Gasteiger partial charge on any atom is 0.173 e. The molecule has 0 aliphatic carbocycles. The molecule has 6 heteroatoms. The van der Waals surface area contributed by atoms with Gasteiger partial charge in [0.1, 0.15) is 11.5 Å². The van der Waals surface area contributed by atoms with Gasteiger partial charge in [-0.3, -0.25) is 0 Å². The Labute approximate surface area is 133 Å². The van der Waals surface area contributed by atoms with Gasteiger partial charge in [0.15, 0.2) is 5.84 Å². The quantitative estimate of drug-likeness (QED) is 0.347. The SMILES string of the molecule is Cc1ccc(Oc2ccc(Br)cc2/C(N)=N/O)c(Br)c1. The van der Waals surface area contributed by atoms with Gasteiger partial charge in [0.25, 0.3) is 0 Å². The first-order chi connectivity index (χ1) is 9.51. The highest BCUT2D eigenvalue weighted by Crippen LogP contribution is 2.33. The van der Waals surface area contributed by atoms with E-state index in [1.165, 1.54) is 0 Å². The minimum Gasteiger partial charge on any atom is -0.455 e. The molecular weight excluding hydrogens is 388 g/mol. The number of amidine groups is 1. The fourth-order valence-corrected chi connectivity index (χ4v) is 2.59. The Balaban J connectivity index is 2.43. The summed E-state index contributed by atoms with van der Waals surface area (Å²) in [5, 5.41) is 11.9. The zero-order valence-electron chi connectivity index (χ0n) is 10.6. The van der Waals surface area contributed by atoms with Gasteiger partial charge in [0.05, 0.1) is 10.0 Å². The van der Waals surface area contributed by atoms with Crippen LogP contribution in [0.5, 0.6) is 11.5 Å². The summed E-state index contributed by atoms with van der Waals surface area (Å²) in [6, 6.07) is 11.1. The number of hydrogen-bond donors (Lipinski definition) is 2. The third kappa shape index (κ3) is 3.32. The number of oxime groups is 1. The lowest BCUT2D eigenvalue weighted by atomic mass is 10.2. The summed E-state index contributed by atoms with van der Waals surface area (Å²) in [5.74, 6) is 1.16. The molecule has 2 rings (SSSR count). The molecule has 20 heavy (non-hydrogen) atoms. The standard InChI is InChI=1S/C14H12Br2N2O2/c1-8-2-4-13(11(16)6-8)20-12-5-3-9(15)7-10(12)14(17)18-19/h2-7,19H,1H3,(H2,17,18). The van der Waals surface area contributed by atoms with Gasteiger partial charge in [-0.1, -0.05) is 27.2 Å². The summed E-state index contributed by atoms with van der Waals surface area (Å²) in [7, 11) is 0. The van der Waals surface area contributed by atoms with Crippen LogP contribution in [0.3, 0.4) is 0 Å². The number of rotatable bonds is 3. The molecule has 0 atom stereocenters. The summed E-state index contributed by atoms with van der Waals surface area (Å²) in [4.78, 5) is 0. The summed E-state index contributed by atoms with van der Waals surface area (Å²) >= 11 is 6.80. The molecule has 0 bridgehead atoms. The van der Waals surface area contributed by atoms with E-state index in [9.17, 15) is 0 Å². The molecule has 4 nitrogen and oxygen atoms in total. The molecule has 2 aromatic rings. The lowest BCUT2D eigenvalue weighted by Crippen LogP contribution is -2.14. The summed E-state index contributed by atoms with van der Waals surface area (Å²) in [5.41, 5.74) is 7.30. The minimum absolute atomic E-state index is 0.00969. The van der Waals surface area contributed by atoms with Gasteiger partial charge in [-0.2, -0.15) is 0 Å². The molecule has 0 saturated heterocycles. The summed E-state index contributed by atoms with van der Waals surface area (Å²) in [6.45, 7) is 2.00. The van der Waals surface area contributed by atoms with Gasteiger partial charge in [-0.15, -0.1) is 0 Å². The number of halogens is 2. The first kappa shape index (κ1) is 14.9. The van der Waals surface area contributed by atoms with Crippen LogP contribution in [0.2, 0.25) is 0 Å². The molecule has 0 aliphatic heterocycles. The lowest BCUT2D eigenvalue weighted by molar-refractivity contribution is 0.318. The molecule has 0 aliphatic rings. The Morgan fingerprint density at radius 1 is 1.15 bits per heavy atom. The van der Waals surface area contributed by atoms with E-state index in [2.05, 4.69) is 37.0 Å². The van der Waals surface area contributed by atoms with Gasteiger partial charge in [-0.05, 0) is 58.7 Å². The van der Waals surface area contributed by atoms with Gasteiger partial charge in [0, 0.05) is 4.47 Å². The molecule has 0 heterocycles. The smallest absolute Gasteiger partial charge is 0.173 e. The summed E-state index contributed by atoms with van der Waals surface area (Å²) in [6.07, 6.45) is 0. The Hall–Kier alpha value is -1.53. The third-order valence-corrected chi connectivity index (χ3v) is 3.75. The lowest BCUT2D eigenvalue weighted by Gasteiger charge is -2.12. The maximum absolute atomic E-state index is 8.84. The zero-order chi connectivity index (χ0) is 14.7. The Kier molecular flexibility index (Phi) is 4.67. The highest BCUT2D eigenvalue weighted by Gasteiger charge is 2.11. The topological polar surface area (TPSA) is 67.8 Å². The molecule has 0 aromatic heterocycles. The van der Waals surface area contributed by atoms with Crippen LogP contribution in [0.4, 0.5) is 0 Å². The van der Waals surface area contributed by atoms with Crippen LogP contribution in [0.15, 0.2) is 50.5 Å². The van der Waals surface area contributed by atoms with Crippen LogP contribution >= 0.6 is 31.9 Å². The van der Waals surface area contributed by atoms with Crippen molar-refractivity contribution in [2.45, 2.75) is 6.92 Å². The third-order valence-electron chi connectivity index (χ3n) is 2.63. The normalized spacial score (nSPS) is 11.4. The Morgan fingerprint density at radius 2 is 1.85 bits per heavy atom. The number of nitrogens with two attached hydrogens (primary N) is 1. The largest absolute Gasteiger partial charge is 0.455 e. The summed E-state index contributed by atoms with van der Waals surface area (Å²) < 4.78 is 7.49. The fourth-order valence-electron chi connectivity index (χ4n) is 1.65. The first-order valence-corrected chi connectivity index (χ1v) is 7.31. The second-order valence-electron chi connectivity index (χ2n) is 4.16. The predicted molar refractivity (Wildman–Crippen MR) is 85.6 cm³/mol. The van der Waals surface area contributed by atoms with Crippen molar-refractivity contribution in [2.24, 2.45) is 10.9 Å². The molecule has 104 valence electrons. The molecule has 0 radical (unpaired) electrons. The van der Waals surface area contributed by atoms with E-state index in [0.29, 0.717) is 17.1 Å². The molecular formula is C14H12Br2N2O2. The van der Waals surface area contributed by atoms with Crippen molar-refractivity contribution in [2.75, 3.05) is 0 Å². The average molecular weight is 400 g/mol. The van der Waals surface area contributed by atoms with Crippen molar-refractivity contribution < 1.29 is 9.94 Å². The number of benzene rings is 2. The number of aryl methyl sites for hydroxylation is 1. The van der Waals surface area contributed by atoms with Crippen molar-refractivity contribution in [3.8, 4) is 11.5 Å². The van der Waals surface area contributed by atoms with Crippen LogP contribution in [0.25, 0.3) is 0 Å². The first-order valence-electron chi connectivity index (χ1n) is 5.72. The highest BCUT2D eigenvalue weighted by molar-refractivity contribution is 9.10. The number of nitrogens with zero attached hydrogens (tertiary/aromatic N) is 1. The molecule has 0 amide bonds. The molecule has 0 spiro atoms. The van der Waals surface area contributed by atoms with Gasteiger partial charge >= 0.3 is 0 Å². The van der Waals surface area contributed by atoms with Crippen molar-refractivity contribution in [3.05, 3.63) is 56.5 Å². The average Bonchev–Trinajstić information content (AvgIpc) is 2.42. The second kappa shape index (κ2) is 6.28. The van der Waals surface area contributed by atoms with Crippen LogP contribution < -0.4 is 10.5 Å². The molecule has 0 fully saturated rings. The highest BCUT2D eigenvalue weighted by atomic mass is 79.9. The van der Waals surface area contributed by atoms with Crippen LogP contribution in [-0.2, 0) is 0 Å². The van der Waals surface area contributed by atoms with Crippen molar-refractivity contribution in [1.29, 1.82) is 0 Å².